The van der Waals surface area contributed by atoms with E-state index in [9.17, 15) is 29.4 Å². The second kappa shape index (κ2) is 8.17. The number of aliphatic hydroxyl groups is 2. The van der Waals surface area contributed by atoms with Crippen molar-refractivity contribution in [2.75, 3.05) is 7.11 Å². The van der Waals surface area contributed by atoms with Crippen molar-refractivity contribution in [1.29, 1.82) is 0 Å². The average molecular weight is 561 g/mol. The normalized spacial score (nSPS) is 47.1. The van der Waals surface area contributed by atoms with Gasteiger partial charge in [-0.1, -0.05) is 27.7 Å². The summed E-state index contributed by atoms with van der Waals surface area (Å²) in [5.74, 6) is -4.92. The zero-order chi connectivity index (χ0) is 29.2. The minimum atomic E-state index is -2.28. The number of Topliss-reactive ketones (excluding diaryl/α,β-unsaturated/α-hetero) is 1. The first-order valence-electron chi connectivity index (χ1n) is 13.7. The molecule has 1 spiro atoms. The van der Waals surface area contributed by atoms with Gasteiger partial charge in [-0.3, -0.25) is 14.4 Å². The number of cyclic esters (lactones) is 1. The highest BCUT2D eigenvalue weighted by Crippen LogP contribution is 2.78. The van der Waals surface area contributed by atoms with E-state index in [0.29, 0.717) is 18.4 Å². The molecule has 40 heavy (non-hydrogen) atoms. The molecular formula is C29H36O11. The van der Waals surface area contributed by atoms with Crippen LogP contribution < -0.4 is 0 Å². The maximum atomic E-state index is 14.5. The monoisotopic (exact) mass is 560 g/mol. The molecule has 5 fully saturated rings. The van der Waals surface area contributed by atoms with E-state index >= 15 is 0 Å². The Morgan fingerprint density at radius 3 is 2.45 bits per heavy atom. The number of aliphatic hydroxyl groups excluding tert-OH is 1. The quantitative estimate of drug-likeness (QED) is 0.314. The number of furan rings is 1. The SMILES string of the molecule is COC(=O)[C@H](O)C1C(C)(C)[C@@H](OC(C)=O)[C@]2(O)C(=O)[C@]1(C)[C@H]1CC[C@@]3(C)[C@@H](CC(=O)O[C@H]3c3ccoc3)[C@]13O[C@@H]23. The highest BCUT2D eigenvalue weighted by molar-refractivity contribution is 5.99. The summed E-state index contributed by atoms with van der Waals surface area (Å²) < 4.78 is 28.2. The number of ether oxygens (including phenoxy) is 4. The summed E-state index contributed by atoms with van der Waals surface area (Å²) in [6, 6.07) is 1.75. The molecule has 3 aliphatic carbocycles. The van der Waals surface area contributed by atoms with Crippen molar-refractivity contribution in [3.63, 3.8) is 0 Å². The zero-order valence-electron chi connectivity index (χ0n) is 23.5. The molecule has 5 aliphatic rings. The molecule has 3 saturated carbocycles. The Bertz CT molecular complexity index is 1290. The van der Waals surface area contributed by atoms with Crippen LogP contribution in [-0.2, 0) is 38.1 Å². The Morgan fingerprint density at radius 2 is 1.85 bits per heavy atom. The van der Waals surface area contributed by atoms with Crippen LogP contribution in [0.4, 0.5) is 0 Å². The molecule has 1 unspecified atom stereocenters. The smallest absolute Gasteiger partial charge is 0.335 e. The molecule has 0 aromatic carbocycles. The Balaban J connectivity index is 1.56. The van der Waals surface area contributed by atoms with Gasteiger partial charge in [0.1, 0.15) is 23.9 Å². The number of hydrogen-bond acceptors (Lipinski definition) is 11. The van der Waals surface area contributed by atoms with Crippen LogP contribution >= 0.6 is 0 Å². The van der Waals surface area contributed by atoms with Crippen molar-refractivity contribution in [2.24, 2.45) is 34.0 Å². The van der Waals surface area contributed by atoms with E-state index in [0.717, 1.165) is 7.11 Å². The van der Waals surface area contributed by atoms with Crippen molar-refractivity contribution >= 4 is 23.7 Å². The third-order valence-corrected chi connectivity index (χ3v) is 11.1. The van der Waals surface area contributed by atoms with Gasteiger partial charge in [-0.2, -0.15) is 0 Å². The second-order valence-electron chi connectivity index (χ2n) is 13.3. The second-order valence-corrected chi connectivity index (χ2v) is 13.3. The molecule has 2 N–H and O–H groups in total. The van der Waals surface area contributed by atoms with Gasteiger partial charge in [-0.05, 0) is 18.9 Å². The fourth-order valence-electron chi connectivity index (χ4n) is 9.80. The van der Waals surface area contributed by atoms with Crippen LogP contribution in [0.2, 0.25) is 0 Å². The first-order chi connectivity index (χ1) is 18.6. The van der Waals surface area contributed by atoms with E-state index in [1.165, 1.54) is 19.5 Å². The van der Waals surface area contributed by atoms with E-state index in [4.69, 9.17) is 23.4 Å². The van der Waals surface area contributed by atoms with E-state index in [1.54, 1.807) is 26.8 Å². The molecule has 1 aromatic rings. The standard InChI is InChI=1S/C29H36O11/c1-13(30)38-23-25(2,3)19(18(32)21(33)36-6)27(5)15-7-9-26(4)16(29(15)24(40-29)28(23,35)22(27)34)11-17(31)39-20(26)14-8-10-37-12-14/h8,10,12,15-16,18-20,23-24,32,35H,7,9,11H2,1-6H3/t15-,16-,18-,19?,20+,23-,24+,26+,27-,28-,29-/m1/s1. The number of ketones is 1. The lowest BCUT2D eigenvalue weighted by atomic mass is 9.36. The highest BCUT2D eigenvalue weighted by Gasteiger charge is 2.91. The maximum absolute atomic E-state index is 14.5. The maximum Gasteiger partial charge on any atom is 0.335 e. The summed E-state index contributed by atoms with van der Waals surface area (Å²) in [6.07, 6.45) is -0.893. The van der Waals surface area contributed by atoms with Gasteiger partial charge in [0.2, 0.25) is 0 Å². The number of esters is 3. The Morgan fingerprint density at radius 1 is 1.15 bits per heavy atom. The number of rotatable bonds is 4. The van der Waals surface area contributed by atoms with Gasteiger partial charge in [-0.15, -0.1) is 0 Å². The number of carbonyl (C=O) groups excluding carboxylic acids is 4. The van der Waals surface area contributed by atoms with Gasteiger partial charge in [0.15, 0.2) is 17.5 Å². The summed E-state index contributed by atoms with van der Waals surface area (Å²) in [4.78, 5) is 52.7. The van der Waals surface area contributed by atoms with Gasteiger partial charge >= 0.3 is 17.9 Å². The van der Waals surface area contributed by atoms with Gasteiger partial charge in [0.25, 0.3) is 0 Å². The fraction of sp³-hybridized carbons (Fsp3) is 0.724. The van der Waals surface area contributed by atoms with Crippen molar-refractivity contribution in [1.82, 2.24) is 0 Å². The minimum Gasteiger partial charge on any atom is -0.472 e. The summed E-state index contributed by atoms with van der Waals surface area (Å²) in [5.41, 5.74) is -6.16. The number of hydrogen-bond donors (Lipinski definition) is 2. The zero-order valence-corrected chi connectivity index (χ0v) is 23.5. The van der Waals surface area contributed by atoms with E-state index < -0.39 is 93.3 Å². The van der Waals surface area contributed by atoms with Crippen LogP contribution in [0.3, 0.4) is 0 Å². The van der Waals surface area contributed by atoms with Crippen LogP contribution in [0.25, 0.3) is 0 Å². The Hall–Kier alpha value is -2.76. The molecule has 0 amide bonds. The molecule has 6 rings (SSSR count). The van der Waals surface area contributed by atoms with Gasteiger partial charge in [-0.25, -0.2) is 4.79 Å². The molecule has 2 aliphatic heterocycles. The first-order valence-corrected chi connectivity index (χ1v) is 13.7. The Labute approximate surface area is 231 Å². The third kappa shape index (κ3) is 3.01. The Kier molecular flexibility index (Phi) is 5.60. The molecule has 1 aromatic heterocycles. The van der Waals surface area contributed by atoms with Gasteiger partial charge < -0.3 is 33.6 Å². The lowest BCUT2D eigenvalue weighted by molar-refractivity contribution is -0.260. The molecule has 2 saturated heterocycles. The topological polar surface area (TPSA) is 162 Å². The largest absolute Gasteiger partial charge is 0.472 e. The van der Waals surface area contributed by atoms with Crippen LogP contribution in [0.5, 0.6) is 0 Å². The van der Waals surface area contributed by atoms with Crippen molar-refractivity contribution in [3.8, 4) is 0 Å². The van der Waals surface area contributed by atoms with Gasteiger partial charge in [0, 0.05) is 46.5 Å². The van der Waals surface area contributed by atoms with Gasteiger partial charge in [0.05, 0.1) is 26.1 Å². The van der Waals surface area contributed by atoms with E-state index in [-0.39, 0.29) is 6.42 Å². The lowest BCUT2D eigenvalue weighted by Crippen LogP contribution is -2.81. The van der Waals surface area contributed by atoms with E-state index in [1.807, 2.05) is 6.92 Å². The summed E-state index contributed by atoms with van der Waals surface area (Å²) in [5, 5.41) is 23.8. The van der Waals surface area contributed by atoms with Crippen LogP contribution in [-0.4, -0.2) is 70.5 Å². The molecule has 0 radical (unpaired) electrons. The molecule has 2 bridgehead atoms. The fourth-order valence-corrected chi connectivity index (χ4v) is 9.80. The minimum absolute atomic E-state index is 0.00987. The number of fused-ring (bicyclic) bond motifs is 5. The summed E-state index contributed by atoms with van der Waals surface area (Å²) in [7, 11) is 1.14. The molecule has 11 atom stereocenters. The molecular weight excluding hydrogens is 524 g/mol. The summed E-state index contributed by atoms with van der Waals surface area (Å²) in [6.45, 7) is 8.18. The highest BCUT2D eigenvalue weighted by atomic mass is 16.6. The third-order valence-electron chi connectivity index (χ3n) is 11.1. The molecule has 218 valence electrons. The van der Waals surface area contributed by atoms with Crippen LogP contribution in [0, 0.1) is 34.0 Å². The first kappa shape index (κ1) is 27.4. The van der Waals surface area contributed by atoms with Crippen LogP contribution in [0.1, 0.15) is 65.5 Å². The number of epoxide rings is 1. The van der Waals surface area contributed by atoms with Crippen molar-refractivity contribution < 1.29 is 52.8 Å². The lowest BCUT2D eigenvalue weighted by Gasteiger charge is -2.67. The van der Waals surface area contributed by atoms with Crippen molar-refractivity contribution in [2.45, 2.75) is 89.5 Å². The number of carbonyl (C=O) groups is 4. The predicted molar refractivity (Wildman–Crippen MR) is 133 cm³/mol. The summed E-state index contributed by atoms with van der Waals surface area (Å²) >= 11 is 0. The number of methoxy groups -OCH3 is 1. The predicted octanol–water partition coefficient (Wildman–Crippen LogP) is 1.88. The van der Waals surface area contributed by atoms with E-state index in [2.05, 4.69) is 0 Å². The van der Waals surface area contributed by atoms with Crippen molar-refractivity contribution in [3.05, 3.63) is 24.2 Å². The molecule has 3 heterocycles. The van der Waals surface area contributed by atoms with Crippen LogP contribution in [0.15, 0.2) is 23.0 Å². The molecule has 11 nitrogen and oxygen atoms in total. The average Bonchev–Trinajstić information content (AvgIpc) is 3.37. The molecule has 11 heteroatoms.